The summed E-state index contributed by atoms with van der Waals surface area (Å²) in [6.45, 7) is 10.9. The molecule has 64 valence electrons. The SMILES string of the molecule is C=C(C)C(=C)CCCCNC. The van der Waals surface area contributed by atoms with Gasteiger partial charge in [-0.05, 0) is 39.8 Å². The Labute approximate surface area is 70.2 Å². The van der Waals surface area contributed by atoms with Crippen LogP contribution in [0.15, 0.2) is 24.3 Å². The Morgan fingerprint density at radius 2 is 1.91 bits per heavy atom. The van der Waals surface area contributed by atoms with Gasteiger partial charge in [0.25, 0.3) is 0 Å². The van der Waals surface area contributed by atoms with E-state index >= 15 is 0 Å². The van der Waals surface area contributed by atoms with Crippen LogP contribution >= 0.6 is 0 Å². The number of unbranched alkanes of at least 4 members (excludes halogenated alkanes) is 1. The van der Waals surface area contributed by atoms with Crippen molar-refractivity contribution in [2.45, 2.75) is 26.2 Å². The molecule has 0 amide bonds. The fourth-order valence-corrected chi connectivity index (χ4v) is 0.854. The summed E-state index contributed by atoms with van der Waals surface area (Å²) in [4.78, 5) is 0. The van der Waals surface area contributed by atoms with E-state index in [1.54, 1.807) is 0 Å². The Hall–Kier alpha value is -0.560. The van der Waals surface area contributed by atoms with Gasteiger partial charge in [0, 0.05) is 0 Å². The number of rotatable bonds is 6. The molecule has 0 atom stereocenters. The summed E-state index contributed by atoms with van der Waals surface area (Å²) in [5, 5.41) is 3.12. The molecule has 0 heterocycles. The van der Waals surface area contributed by atoms with Crippen molar-refractivity contribution >= 4 is 0 Å². The maximum Gasteiger partial charge on any atom is -0.00518 e. The van der Waals surface area contributed by atoms with Gasteiger partial charge in [0.15, 0.2) is 0 Å². The summed E-state index contributed by atoms with van der Waals surface area (Å²) < 4.78 is 0. The summed E-state index contributed by atoms with van der Waals surface area (Å²) in [5.41, 5.74) is 2.32. The molecule has 0 bridgehead atoms. The maximum atomic E-state index is 3.93. The van der Waals surface area contributed by atoms with E-state index in [0.29, 0.717) is 0 Å². The molecule has 0 aliphatic carbocycles. The van der Waals surface area contributed by atoms with Crippen molar-refractivity contribution in [2.24, 2.45) is 0 Å². The van der Waals surface area contributed by atoms with Crippen molar-refractivity contribution in [1.29, 1.82) is 0 Å². The van der Waals surface area contributed by atoms with E-state index in [4.69, 9.17) is 0 Å². The van der Waals surface area contributed by atoms with Gasteiger partial charge in [-0.1, -0.05) is 24.3 Å². The highest BCUT2D eigenvalue weighted by molar-refractivity contribution is 5.22. The number of hydrogen-bond donors (Lipinski definition) is 1. The standard InChI is InChI=1S/C10H19N/c1-9(2)10(3)7-5-6-8-11-4/h11H,1,3,5-8H2,2,4H3. The minimum absolute atomic E-state index is 1.09. The second-order valence-electron chi connectivity index (χ2n) is 2.94. The van der Waals surface area contributed by atoms with Crippen LogP contribution in [0.25, 0.3) is 0 Å². The molecule has 0 unspecified atom stereocenters. The molecule has 11 heavy (non-hydrogen) atoms. The minimum Gasteiger partial charge on any atom is -0.320 e. The molecule has 0 aliphatic heterocycles. The highest BCUT2D eigenvalue weighted by atomic mass is 14.8. The van der Waals surface area contributed by atoms with E-state index < -0.39 is 0 Å². The summed E-state index contributed by atoms with van der Waals surface area (Å²) >= 11 is 0. The molecule has 0 aromatic heterocycles. The van der Waals surface area contributed by atoms with Crippen molar-refractivity contribution in [1.82, 2.24) is 5.32 Å². The summed E-state index contributed by atoms with van der Waals surface area (Å²) in [6, 6.07) is 0. The molecular weight excluding hydrogens is 134 g/mol. The largest absolute Gasteiger partial charge is 0.320 e. The molecular formula is C10H19N. The van der Waals surface area contributed by atoms with E-state index in [-0.39, 0.29) is 0 Å². The quantitative estimate of drug-likeness (QED) is 0.456. The van der Waals surface area contributed by atoms with Crippen LogP contribution in [-0.2, 0) is 0 Å². The Kier molecular flexibility index (Phi) is 5.86. The Bertz CT molecular complexity index is 136. The van der Waals surface area contributed by atoms with Crippen LogP contribution in [0, 0.1) is 0 Å². The van der Waals surface area contributed by atoms with Crippen molar-refractivity contribution < 1.29 is 0 Å². The van der Waals surface area contributed by atoms with Crippen molar-refractivity contribution in [2.75, 3.05) is 13.6 Å². The first-order valence-corrected chi connectivity index (χ1v) is 4.16. The first kappa shape index (κ1) is 10.4. The number of hydrogen-bond acceptors (Lipinski definition) is 1. The van der Waals surface area contributed by atoms with E-state index in [9.17, 15) is 0 Å². The van der Waals surface area contributed by atoms with Crippen molar-refractivity contribution in [3.05, 3.63) is 24.3 Å². The second-order valence-corrected chi connectivity index (χ2v) is 2.94. The zero-order valence-electron chi connectivity index (χ0n) is 7.74. The monoisotopic (exact) mass is 153 g/mol. The summed E-state index contributed by atoms with van der Waals surface area (Å²) in [7, 11) is 1.98. The zero-order chi connectivity index (χ0) is 8.69. The third kappa shape index (κ3) is 5.86. The first-order chi connectivity index (χ1) is 5.18. The molecule has 1 N–H and O–H groups in total. The third-order valence-electron chi connectivity index (χ3n) is 1.76. The van der Waals surface area contributed by atoms with Crippen LogP contribution in [0.1, 0.15) is 26.2 Å². The fraction of sp³-hybridized carbons (Fsp3) is 0.600. The van der Waals surface area contributed by atoms with Gasteiger partial charge < -0.3 is 5.32 Å². The van der Waals surface area contributed by atoms with Gasteiger partial charge in [0.2, 0.25) is 0 Å². The number of nitrogens with one attached hydrogen (secondary N) is 1. The van der Waals surface area contributed by atoms with E-state index in [2.05, 4.69) is 18.5 Å². The van der Waals surface area contributed by atoms with Crippen LogP contribution in [-0.4, -0.2) is 13.6 Å². The van der Waals surface area contributed by atoms with Gasteiger partial charge in [-0.3, -0.25) is 0 Å². The van der Waals surface area contributed by atoms with Crippen LogP contribution in [0.4, 0.5) is 0 Å². The molecule has 0 aromatic carbocycles. The minimum atomic E-state index is 1.09. The predicted octanol–water partition coefficient (Wildman–Crippen LogP) is 2.51. The Morgan fingerprint density at radius 1 is 1.27 bits per heavy atom. The van der Waals surface area contributed by atoms with E-state index in [0.717, 1.165) is 18.5 Å². The third-order valence-corrected chi connectivity index (χ3v) is 1.76. The smallest absolute Gasteiger partial charge is 0.00518 e. The van der Waals surface area contributed by atoms with Crippen molar-refractivity contribution in [3.8, 4) is 0 Å². The van der Waals surface area contributed by atoms with Gasteiger partial charge in [-0.2, -0.15) is 0 Å². The molecule has 0 radical (unpaired) electrons. The second kappa shape index (κ2) is 6.17. The molecule has 0 aromatic rings. The van der Waals surface area contributed by atoms with Gasteiger partial charge >= 0.3 is 0 Å². The number of allylic oxidation sites excluding steroid dienone is 2. The highest BCUT2D eigenvalue weighted by Crippen LogP contribution is 2.11. The van der Waals surface area contributed by atoms with Crippen LogP contribution in [0.5, 0.6) is 0 Å². The lowest BCUT2D eigenvalue weighted by atomic mass is 10.1. The summed E-state index contributed by atoms with van der Waals surface area (Å²) in [6.07, 6.45) is 3.53. The Morgan fingerprint density at radius 3 is 2.36 bits per heavy atom. The highest BCUT2D eigenvalue weighted by Gasteiger charge is 1.93. The van der Waals surface area contributed by atoms with Gasteiger partial charge in [-0.25, -0.2) is 0 Å². The average molecular weight is 153 g/mol. The molecule has 0 saturated heterocycles. The van der Waals surface area contributed by atoms with E-state index in [1.165, 1.54) is 18.4 Å². The summed E-state index contributed by atoms with van der Waals surface area (Å²) in [5.74, 6) is 0. The van der Waals surface area contributed by atoms with Gasteiger partial charge in [0.1, 0.15) is 0 Å². The Balaban J connectivity index is 3.25. The van der Waals surface area contributed by atoms with Gasteiger partial charge in [0.05, 0.1) is 0 Å². The zero-order valence-corrected chi connectivity index (χ0v) is 7.74. The molecule has 0 aliphatic rings. The maximum absolute atomic E-state index is 3.93. The molecule has 0 saturated carbocycles. The lowest BCUT2D eigenvalue weighted by Gasteiger charge is -2.03. The normalized spacial score (nSPS) is 9.64. The predicted molar refractivity (Wildman–Crippen MR) is 51.7 cm³/mol. The van der Waals surface area contributed by atoms with Crippen LogP contribution in [0.2, 0.25) is 0 Å². The topological polar surface area (TPSA) is 12.0 Å². The lowest BCUT2D eigenvalue weighted by Crippen LogP contribution is -2.07. The first-order valence-electron chi connectivity index (χ1n) is 4.16. The molecule has 1 nitrogen and oxygen atoms in total. The molecule has 0 fully saturated rings. The van der Waals surface area contributed by atoms with Crippen LogP contribution < -0.4 is 5.32 Å². The fourth-order valence-electron chi connectivity index (χ4n) is 0.854. The molecule has 1 heteroatoms. The average Bonchev–Trinajstić information content (AvgIpc) is 1.97. The van der Waals surface area contributed by atoms with Gasteiger partial charge in [-0.15, -0.1) is 0 Å². The molecule has 0 spiro atoms. The molecule has 0 rings (SSSR count). The van der Waals surface area contributed by atoms with Crippen LogP contribution in [0.3, 0.4) is 0 Å². The lowest BCUT2D eigenvalue weighted by molar-refractivity contribution is 0.677. The van der Waals surface area contributed by atoms with Crippen molar-refractivity contribution in [3.63, 3.8) is 0 Å². The van der Waals surface area contributed by atoms with E-state index in [1.807, 2.05) is 14.0 Å².